The van der Waals surface area contributed by atoms with Crippen LogP contribution in [0.5, 0.6) is 0 Å². The van der Waals surface area contributed by atoms with Gasteiger partial charge in [-0.05, 0) is 36.6 Å². The van der Waals surface area contributed by atoms with Crippen LogP contribution in [0.15, 0.2) is 23.0 Å². The Balaban J connectivity index is 2.23. The predicted molar refractivity (Wildman–Crippen MR) is 77.8 cm³/mol. The molecule has 1 unspecified atom stereocenters. The fourth-order valence-corrected chi connectivity index (χ4v) is 2.95. The van der Waals surface area contributed by atoms with Crippen LogP contribution in [0.3, 0.4) is 0 Å². The molecule has 19 heavy (non-hydrogen) atoms. The second kappa shape index (κ2) is 4.53. The number of fused-ring (bicyclic) bond motifs is 1. The average molecular weight is 259 g/mol. The molecule has 4 heteroatoms. The Labute approximate surface area is 113 Å². The summed E-state index contributed by atoms with van der Waals surface area (Å²) in [6, 6.07) is 6.69. The van der Waals surface area contributed by atoms with Gasteiger partial charge in [0.25, 0.3) is 0 Å². The van der Waals surface area contributed by atoms with Gasteiger partial charge >= 0.3 is 5.69 Å². The largest absolute Gasteiger partial charge is 0.329 e. The van der Waals surface area contributed by atoms with Gasteiger partial charge in [0.2, 0.25) is 0 Å². The SMILES string of the molecule is CC(C)c1ccc2c(c1)n(C)c(=O)n2C1CCNC1. The maximum Gasteiger partial charge on any atom is 0.329 e. The van der Waals surface area contributed by atoms with E-state index in [1.54, 1.807) is 4.57 Å². The molecule has 1 aromatic carbocycles. The van der Waals surface area contributed by atoms with Gasteiger partial charge in [-0.1, -0.05) is 19.9 Å². The second-order valence-corrected chi connectivity index (χ2v) is 5.76. The average Bonchev–Trinajstić information content (AvgIpc) is 2.98. The van der Waals surface area contributed by atoms with Gasteiger partial charge in [0.1, 0.15) is 0 Å². The van der Waals surface area contributed by atoms with E-state index < -0.39 is 0 Å². The zero-order valence-electron chi connectivity index (χ0n) is 11.8. The standard InChI is InChI=1S/C15H21N3O/c1-10(2)11-4-5-13-14(8-11)17(3)15(19)18(13)12-6-7-16-9-12/h4-5,8,10,12,16H,6-7,9H2,1-3H3. The highest BCUT2D eigenvalue weighted by molar-refractivity contribution is 5.77. The lowest BCUT2D eigenvalue weighted by Gasteiger charge is -2.11. The van der Waals surface area contributed by atoms with Crippen molar-refractivity contribution in [1.29, 1.82) is 0 Å². The van der Waals surface area contributed by atoms with E-state index in [2.05, 4.69) is 37.4 Å². The van der Waals surface area contributed by atoms with Crippen LogP contribution in [-0.2, 0) is 7.05 Å². The van der Waals surface area contributed by atoms with Crippen molar-refractivity contribution in [2.75, 3.05) is 13.1 Å². The molecular formula is C15H21N3O. The topological polar surface area (TPSA) is 39.0 Å². The number of rotatable bonds is 2. The molecule has 0 saturated carbocycles. The van der Waals surface area contributed by atoms with Crippen LogP contribution in [0.25, 0.3) is 11.0 Å². The van der Waals surface area contributed by atoms with E-state index in [0.717, 1.165) is 30.5 Å². The molecule has 2 heterocycles. The lowest BCUT2D eigenvalue weighted by molar-refractivity contribution is 0.535. The zero-order valence-corrected chi connectivity index (χ0v) is 11.8. The molecule has 3 rings (SSSR count). The number of aryl methyl sites for hydroxylation is 1. The lowest BCUT2D eigenvalue weighted by Crippen LogP contribution is -2.27. The first-order chi connectivity index (χ1) is 9.09. The van der Waals surface area contributed by atoms with Gasteiger partial charge in [-0.3, -0.25) is 9.13 Å². The molecule has 1 fully saturated rings. The van der Waals surface area contributed by atoms with E-state index >= 15 is 0 Å². The molecule has 1 aliphatic heterocycles. The molecule has 0 spiro atoms. The smallest absolute Gasteiger partial charge is 0.315 e. The summed E-state index contributed by atoms with van der Waals surface area (Å²) >= 11 is 0. The van der Waals surface area contributed by atoms with E-state index in [1.807, 2.05) is 11.6 Å². The molecule has 0 bridgehead atoms. The summed E-state index contributed by atoms with van der Waals surface area (Å²) in [5.74, 6) is 0.482. The number of imidazole rings is 1. The second-order valence-electron chi connectivity index (χ2n) is 5.76. The Morgan fingerprint density at radius 3 is 2.74 bits per heavy atom. The van der Waals surface area contributed by atoms with Crippen molar-refractivity contribution in [1.82, 2.24) is 14.5 Å². The molecular weight excluding hydrogens is 238 g/mol. The summed E-state index contributed by atoms with van der Waals surface area (Å²) in [5, 5.41) is 3.33. The third kappa shape index (κ3) is 1.91. The van der Waals surface area contributed by atoms with Crippen LogP contribution in [0, 0.1) is 0 Å². The van der Waals surface area contributed by atoms with Gasteiger partial charge in [0.15, 0.2) is 0 Å². The maximum absolute atomic E-state index is 12.5. The molecule has 1 aromatic heterocycles. The predicted octanol–water partition coefficient (Wildman–Crippen LogP) is 2.00. The lowest BCUT2D eigenvalue weighted by atomic mass is 10.0. The van der Waals surface area contributed by atoms with Crippen molar-refractivity contribution in [3.05, 3.63) is 34.2 Å². The molecule has 2 aromatic rings. The fraction of sp³-hybridized carbons (Fsp3) is 0.533. The summed E-state index contributed by atoms with van der Waals surface area (Å²) in [4.78, 5) is 12.5. The van der Waals surface area contributed by atoms with Gasteiger partial charge in [-0.2, -0.15) is 0 Å². The fourth-order valence-electron chi connectivity index (χ4n) is 2.95. The summed E-state index contributed by atoms with van der Waals surface area (Å²) in [7, 11) is 1.87. The summed E-state index contributed by atoms with van der Waals surface area (Å²) in [6.45, 7) is 6.25. The first kappa shape index (κ1) is 12.5. The Morgan fingerprint density at radius 1 is 1.32 bits per heavy atom. The number of aromatic nitrogens is 2. The van der Waals surface area contributed by atoms with Crippen LogP contribution in [-0.4, -0.2) is 22.2 Å². The van der Waals surface area contributed by atoms with Gasteiger partial charge in [0, 0.05) is 13.6 Å². The van der Waals surface area contributed by atoms with E-state index in [0.29, 0.717) is 12.0 Å². The number of nitrogens with zero attached hydrogens (tertiary/aromatic N) is 2. The van der Waals surface area contributed by atoms with E-state index in [4.69, 9.17) is 0 Å². The van der Waals surface area contributed by atoms with E-state index in [9.17, 15) is 4.79 Å². The maximum atomic E-state index is 12.5. The zero-order chi connectivity index (χ0) is 13.6. The minimum Gasteiger partial charge on any atom is -0.315 e. The minimum atomic E-state index is 0.101. The third-order valence-corrected chi connectivity index (χ3v) is 4.18. The molecule has 1 saturated heterocycles. The number of hydrogen-bond donors (Lipinski definition) is 1. The van der Waals surface area contributed by atoms with Crippen molar-refractivity contribution in [3.8, 4) is 0 Å². The summed E-state index contributed by atoms with van der Waals surface area (Å²) in [5.41, 5.74) is 3.49. The third-order valence-electron chi connectivity index (χ3n) is 4.18. The van der Waals surface area contributed by atoms with Crippen molar-refractivity contribution < 1.29 is 0 Å². The molecule has 0 radical (unpaired) electrons. The molecule has 4 nitrogen and oxygen atoms in total. The van der Waals surface area contributed by atoms with Gasteiger partial charge < -0.3 is 5.32 Å². The monoisotopic (exact) mass is 259 g/mol. The Kier molecular flexibility index (Phi) is 2.97. The number of benzene rings is 1. The number of hydrogen-bond acceptors (Lipinski definition) is 2. The van der Waals surface area contributed by atoms with Crippen molar-refractivity contribution in [3.63, 3.8) is 0 Å². The van der Waals surface area contributed by atoms with Crippen LogP contribution < -0.4 is 11.0 Å². The van der Waals surface area contributed by atoms with Crippen LogP contribution in [0.1, 0.15) is 37.8 Å². The summed E-state index contributed by atoms with van der Waals surface area (Å²) in [6.07, 6.45) is 1.03. The quantitative estimate of drug-likeness (QED) is 0.896. The van der Waals surface area contributed by atoms with Crippen molar-refractivity contribution in [2.45, 2.75) is 32.2 Å². The number of nitrogens with one attached hydrogen (secondary N) is 1. The van der Waals surface area contributed by atoms with Gasteiger partial charge in [0.05, 0.1) is 17.1 Å². The van der Waals surface area contributed by atoms with Crippen LogP contribution in [0.4, 0.5) is 0 Å². The van der Waals surface area contributed by atoms with E-state index in [1.165, 1.54) is 5.56 Å². The van der Waals surface area contributed by atoms with Gasteiger partial charge in [-0.25, -0.2) is 4.79 Å². The normalized spacial score (nSPS) is 19.7. The minimum absolute atomic E-state index is 0.101. The molecule has 1 aliphatic rings. The first-order valence-corrected chi connectivity index (χ1v) is 7.01. The first-order valence-electron chi connectivity index (χ1n) is 7.01. The van der Waals surface area contributed by atoms with Gasteiger partial charge in [-0.15, -0.1) is 0 Å². The van der Waals surface area contributed by atoms with Crippen molar-refractivity contribution in [2.24, 2.45) is 7.05 Å². The molecule has 102 valence electrons. The highest BCUT2D eigenvalue weighted by atomic mass is 16.1. The Bertz CT molecular complexity index is 660. The highest BCUT2D eigenvalue weighted by Crippen LogP contribution is 2.24. The highest BCUT2D eigenvalue weighted by Gasteiger charge is 2.22. The Hall–Kier alpha value is -1.55. The van der Waals surface area contributed by atoms with Crippen molar-refractivity contribution >= 4 is 11.0 Å². The van der Waals surface area contributed by atoms with Crippen LogP contribution >= 0.6 is 0 Å². The Morgan fingerprint density at radius 2 is 2.11 bits per heavy atom. The molecule has 1 N–H and O–H groups in total. The molecule has 0 amide bonds. The van der Waals surface area contributed by atoms with E-state index in [-0.39, 0.29) is 5.69 Å². The molecule has 1 atom stereocenters. The van der Waals surface area contributed by atoms with Crippen LogP contribution in [0.2, 0.25) is 0 Å². The summed E-state index contributed by atoms with van der Waals surface area (Å²) < 4.78 is 3.74. The molecule has 0 aliphatic carbocycles.